The number of rotatable bonds is 3. The number of aromatic nitrogens is 2. The summed E-state index contributed by atoms with van der Waals surface area (Å²) < 4.78 is 20.3. The molecule has 0 bridgehead atoms. The lowest BCUT2D eigenvalue weighted by Gasteiger charge is -2.17. The van der Waals surface area contributed by atoms with Crippen LogP contribution in [0, 0.1) is 5.82 Å². The van der Waals surface area contributed by atoms with Crippen LogP contribution in [0.15, 0.2) is 41.3 Å². The number of hydrogen-bond donors (Lipinski definition) is 3. The summed E-state index contributed by atoms with van der Waals surface area (Å²) in [6, 6.07) is 8.06. The lowest BCUT2D eigenvalue weighted by atomic mass is 10.1. The van der Waals surface area contributed by atoms with Gasteiger partial charge >= 0.3 is 5.69 Å². The normalized spacial score (nSPS) is 25.8. The maximum Gasteiger partial charge on any atom is 0.351 e. The number of aliphatic hydroxyl groups is 2. The van der Waals surface area contributed by atoms with Gasteiger partial charge in [-0.3, -0.25) is 9.36 Å². The second-order valence-corrected chi connectivity index (χ2v) is 5.66. The van der Waals surface area contributed by atoms with Crippen LogP contribution >= 0.6 is 0 Å². The van der Waals surface area contributed by atoms with Gasteiger partial charge in [0.05, 0.1) is 12.3 Å². The van der Waals surface area contributed by atoms with Gasteiger partial charge in [-0.1, -0.05) is 18.2 Å². The van der Waals surface area contributed by atoms with Gasteiger partial charge in [-0.2, -0.15) is 4.98 Å². The average molecular weight is 349 g/mol. The molecule has 1 fully saturated rings. The average Bonchev–Trinajstić information content (AvgIpc) is 2.86. The van der Waals surface area contributed by atoms with Crippen molar-refractivity contribution >= 4 is 11.7 Å². The molecule has 3 N–H and O–H groups in total. The topological polar surface area (TPSA) is 114 Å². The minimum absolute atomic E-state index is 0.277. The van der Waals surface area contributed by atoms with Crippen LogP contribution in [0.3, 0.4) is 0 Å². The predicted molar refractivity (Wildman–Crippen MR) is 84.4 cm³/mol. The third-order valence-corrected chi connectivity index (χ3v) is 3.93. The molecule has 0 aliphatic carbocycles. The summed E-state index contributed by atoms with van der Waals surface area (Å²) in [6.07, 6.45) is -3.84. The van der Waals surface area contributed by atoms with Gasteiger partial charge in [0.1, 0.15) is 12.2 Å². The molecular formula is C16H16FN3O5. The van der Waals surface area contributed by atoms with Crippen molar-refractivity contribution in [2.75, 3.05) is 5.32 Å². The maximum atomic E-state index is 14.2. The summed E-state index contributed by atoms with van der Waals surface area (Å²) in [5.74, 6) is -2.13. The first kappa shape index (κ1) is 17.2. The van der Waals surface area contributed by atoms with E-state index in [4.69, 9.17) is 4.74 Å². The molecule has 0 unspecified atom stereocenters. The smallest absolute Gasteiger partial charge is 0.351 e. The van der Waals surface area contributed by atoms with Gasteiger partial charge in [-0.05, 0) is 19.1 Å². The van der Waals surface area contributed by atoms with E-state index < -0.39 is 47.8 Å². The zero-order chi connectivity index (χ0) is 18.1. The number of anilines is 1. The third-order valence-electron chi connectivity index (χ3n) is 3.93. The number of nitrogens with zero attached hydrogens (tertiary/aromatic N) is 2. The standard InChI is InChI=1S/C16H16FN3O5/c1-8-11(21)12(22)15(25-8)20-7-10(17)13(19-16(20)24)18-14(23)9-5-3-2-4-6-9/h2-8,11-12,15,21-22H,1H3,(H,18,19,23,24)/t8-,11-,12-,15-/m1/s1. The van der Waals surface area contributed by atoms with Gasteiger partial charge < -0.3 is 20.3 Å². The van der Waals surface area contributed by atoms with Gasteiger partial charge in [-0.15, -0.1) is 0 Å². The Morgan fingerprint density at radius 3 is 2.56 bits per heavy atom. The Hall–Kier alpha value is -2.62. The molecule has 0 spiro atoms. The molecular weight excluding hydrogens is 333 g/mol. The Labute approximate surface area is 141 Å². The van der Waals surface area contributed by atoms with Crippen LogP contribution in [0.2, 0.25) is 0 Å². The second-order valence-electron chi connectivity index (χ2n) is 5.66. The summed E-state index contributed by atoms with van der Waals surface area (Å²) >= 11 is 0. The molecule has 1 aliphatic heterocycles. The number of hydrogen-bond acceptors (Lipinski definition) is 6. The van der Waals surface area contributed by atoms with E-state index in [1.807, 2.05) is 0 Å². The molecule has 4 atom stereocenters. The molecule has 1 aromatic carbocycles. The van der Waals surface area contributed by atoms with Crippen LogP contribution in [0.25, 0.3) is 0 Å². The van der Waals surface area contributed by atoms with E-state index in [0.717, 1.165) is 10.8 Å². The molecule has 2 aromatic rings. The van der Waals surface area contributed by atoms with Crippen molar-refractivity contribution in [3.05, 3.63) is 58.4 Å². The van der Waals surface area contributed by atoms with Crippen LogP contribution in [0.4, 0.5) is 10.2 Å². The molecule has 8 nitrogen and oxygen atoms in total. The first-order chi connectivity index (χ1) is 11.9. The van der Waals surface area contributed by atoms with Crippen molar-refractivity contribution in [1.82, 2.24) is 9.55 Å². The minimum Gasteiger partial charge on any atom is -0.388 e. The number of nitrogens with one attached hydrogen (secondary N) is 1. The van der Waals surface area contributed by atoms with Crippen molar-refractivity contribution in [3.63, 3.8) is 0 Å². The summed E-state index contributed by atoms with van der Waals surface area (Å²) in [4.78, 5) is 27.6. The van der Waals surface area contributed by atoms with Crippen molar-refractivity contribution in [2.24, 2.45) is 0 Å². The molecule has 1 saturated heterocycles. The number of ether oxygens (including phenoxy) is 1. The first-order valence-electron chi connectivity index (χ1n) is 7.55. The van der Waals surface area contributed by atoms with Crippen LogP contribution in [-0.2, 0) is 4.74 Å². The summed E-state index contributed by atoms with van der Waals surface area (Å²) in [6.45, 7) is 1.51. The van der Waals surface area contributed by atoms with E-state index in [-0.39, 0.29) is 5.56 Å². The fourth-order valence-electron chi connectivity index (χ4n) is 2.54. The van der Waals surface area contributed by atoms with Crippen molar-refractivity contribution in [3.8, 4) is 0 Å². The molecule has 1 aliphatic rings. The molecule has 25 heavy (non-hydrogen) atoms. The number of carbonyl (C=O) groups is 1. The second kappa shape index (κ2) is 6.71. The fourth-order valence-corrected chi connectivity index (χ4v) is 2.54. The molecule has 1 amide bonds. The van der Waals surface area contributed by atoms with E-state index in [1.165, 1.54) is 19.1 Å². The largest absolute Gasteiger partial charge is 0.388 e. The van der Waals surface area contributed by atoms with E-state index >= 15 is 0 Å². The molecule has 132 valence electrons. The zero-order valence-electron chi connectivity index (χ0n) is 13.2. The van der Waals surface area contributed by atoms with Crippen molar-refractivity contribution in [1.29, 1.82) is 0 Å². The molecule has 1 aromatic heterocycles. The maximum absolute atomic E-state index is 14.2. The third kappa shape index (κ3) is 3.29. The molecule has 3 rings (SSSR count). The van der Waals surface area contributed by atoms with Crippen LogP contribution in [0.5, 0.6) is 0 Å². The number of amides is 1. The van der Waals surface area contributed by atoms with Crippen LogP contribution < -0.4 is 11.0 Å². The molecule has 9 heteroatoms. The molecule has 0 saturated carbocycles. The lowest BCUT2D eigenvalue weighted by molar-refractivity contribution is -0.0355. The van der Waals surface area contributed by atoms with E-state index in [1.54, 1.807) is 18.2 Å². The summed E-state index contributed by atoms with van der Waals surface area (Å²) in [5.41, 5.74) is -0.658. The highest BCUT2D eigenvalue weighted by Crippen LogP contribution is 2.28. The number of aliphatic hydroxyl groups excluding tert-OH is 2. The van der Waals surface area contributed by atoms with Crippen LogP contribution in [-0.4, -0.2) is 44.0 Å². The predicted octanol–water partition coefficient (Wildman–Crippen LogP) is 0.274. The Balaban J connectivity index is 1.86. The Bertz CT molecular complexity index is 841. The van der Waals surface area contributed by atoms with Gasteiger partial charge in [0.15, 0.2) is 17.9 Å². The van der Waals surface area contributed by atoms with Crippen LogP contribution in [0.1, 0.15) is 23.5 Å². The highest BCUT2D eigenvalue weighted by Gasteiger charge is 2.42. The van der Waals surface area contributed by atoms with Gasteiger partial charge in [0.25, 0.3) is 5.91 Å². The Morgan fingerprint density at radius 1 is 1.28 bits per heavy atom. The fraction of sp³-hybridized carbons (Fsp3) is 0.312. The monoisotopic (exact) mass is 349 g/mol. The molecule has 2 heterocycles. The van der Waals surface area contributed by atoms with E-state index in [2.05, 4.69) is 10.3 Å². The summed E-state index contributed by atoms with van der Waals surface area (Å²) in [5, 5.41) is 21.8. The lowest BCUT2D eigenvalue weighted by Crippen LogP contribution is -2.36. The molecule has 0 radical (unpaired) electrons. The zero-order valence-corrected chi connectivity index (χ0v) is 13.2. The van der Waals surface area contributed by atoms with E-state index in [9.17, 15) is 24.2 Å². The van der Waals surface area contributed by atoms with Crippen molar-refractivity contribution < 1.29 is 24.1 Å². The van der Waals surface area contributed by atoms with Gasteiger partial charge in [-0.25, -0.2) is 9.18 Å². The highest BCUT2D eigenvalue weighted by atomic mass is 19.1. The van der Waals surface area contributed by atoms with Gasteiger partial charge in [0.2, 0.25) is 0 Å². The number of carbonyl (C=O) groups excluding carboxylic acids is 1. The van der Waals surface area contributed by atoms with E-state index in [0.29, 0.717) is 0 Å². The number of benzene rings is 1. The Morgan fingerprint density at radius 2 is 1.96 bits per heavy atom. The summed E-state index contributed by atoms with van der Waals surface area (Å²) in [7, 11) is 0. The van der Waals surface area contributed by atoms with Crippen molar-refractivity contribution in [2.45, 2.75) is 31.5 Å². The Kier molecular flexibility index (Phi) is 4.62. The first-order valence-corrected chi connectivity index (χ1v) is 7.55. The van der Waals surface area contributed by atoms with Gasteiger partial charge in [0, 0.05) is 5.56 Å². The highest BCUT2D eigenvalue weighted by molar-refractivity contribution is 6.03. The number of halogens is 1. The SMILES string of the molecule is C[C@H]1O[C@@H](n2cc(F)c(NC(=O)c3ccccc3)nc2=O)[C@H](O)[C@@H]1O. The minimum atomic E-state index is -1.40. The quantitative estimate of drug-likeness (QED) is 0.733.